The molecule has 28 heavy (non-hydrogen) atoms. The first-order valence-electron chi connectivity index (χ1n) is 9.37. The van der Waals surface area contributed by atoms with Gasteiger partial charge in [-0.3, -0.25) is 4.79 Å². The molecule has 0 spiro atoms. The van der Waals surface area contributed by atoms with Gasteiger partial charge in [-0.05, 0) is 47.7 Å². The van der Waals surface area contributed by atoms with Gasteiger partial charge in [0.15, 0.2) is 12.0 Å². The molecule has 0 N–H and O–H groups in total. The van der Waals surface area contributed by atoms with Crippen molar-refractivity contribution in [1.82, 2.24) is 4.98 Å². The molecule has 1 aromatic heterocycles. The number of Topliss-reactive ketones (excluding diaryl/α,β-unsaturated/α-hetero) is 1. The summed E-state index contributed by atoms with van der Waals surface area (Å²) in [7, 11) is 0. The van der Waals surface area contributed by atoms with E-state index in [0.717, 1.165) is 35.0 Å². The smallest absolute Gasteiger partial charge is 0.181 e. The molecule has 0 aliphatic heterocycles. The zero-order valence-corrected chi connectivity index (χ0v) is 15.4. The number of fused-ring (bicyclic) bond motifs is 1. The van der Waals surface area contributed by atoms with Gasteiger partial charge in [0.2, 0.25) is 0 Å². The second-order valence-corrected chi connectivity index (χ2v) is 6.90. The Bertz CT molecular complexity index is 1100. The van der Waals surface area contributed by atoms with E-state index >= 15 is 0 Å². The van der Waals surface area contributed by atoms with E-state index in [1.807, 2.05) is 48.5 Å². The summed E-state index contributed by atoms with van der Waals surface area (Å²) in [5, 5.41) is 0. The standard InChI is InChI=1S/C24H20FNO2/c25-22-7-2-1-6-21(22)19-11-8-17(9-12-19)4-3-5-20(27)14-18-10-13-23-24(15-18)28-16-26-23/h1-2,6-13,15-16H,3-5,14H2. The number of hydrogen-bond donors (Lipinski definition) is 0. The van der Waals surface area contributed by atoms with Crippen LogP contribution >= 0.6 is 0 Å². The molecule has 4 heteroatoms. The van der Waals surface area contributed by atoms with Crippen LogP contribution in [0.3, 0.4) is 0 Å². The number of carbonyl (C=O) groups is 1. The zero-order valence-electron chi connectivity index (χ0n) is 15.4. The van der Waals surface area contributed by atoms with Gasteiger partial charge in [0, 0.05) is 18.4 Å². The Morgan fingerprint density at radius 3 is 2.57 bits per heavy atom. The first-order chi connectivity index (χ1) is 13.7. The minimum Gasteiger partial charge on any atom is -0.443 e. The fourth-order valence-electron chi connectivity index (χ4n) is 3.36. The van der Waals surface area contributed by atoms with Crippen LogP contribution in [0.15, 0.2) is 77.5 Å². The number of aryl methyl sites for hydroxylation is 1. The molecule has 1 heterocycles. The maximum absolute atomic E-state index is 13.9. The average Bonchev–Trinajstić information content (AvgIpc) is 3.17. The largest absolute Gasteiger partial charge is 0.443 e. The number of rotatable bonds is 7. The molecular formula is C24H20FNO2. The third-order valence-electron chi connectivity index (χ3n) is 4.86. The maximum Gasteiger partial charge on any atom is 0.181 e. The van der Waals surface area contributed by atoms with Crippen LogP contribution in [0, 0.1) is 5.82 Å². The Hall–Kier alpha value is -3.27. The number of oxazole rings is 1. The van der Waals surface area contributed by atoms with Gasteiger partial charge in [0.25, 0.3) is 0 Å². The lowest BCUT2D eigenvalue weighted by Crippen LogP contribution is -2.03. The molecule has 0 unspecified atom stereocenters. The normalized spacial score (nSPS) is 11.0. The van der Waals surface area contributed by atoms with Crippen LogP contribution < -0.4 is 0 Å². The van der Waals surface area contributed by atoms with Gasteiger partial charge in [0.1, 0.15) is 17.1 Å². The summed E-state index contributed by atoms with van der Waals surface area (Å²) in [4.78, 5) is 16.3. The lowest BCUT2D eigenvalue weighted by molar-refractivity contribution is -0.118. The number of aromatic nitrogens is 1. The van der Waals surface area contributed by atoms with E-state index in [2.05, 4.69) is 4.98 Å². The van der Waals surface area contributed by atoms with Gasteiger partial charge in [-0.25, -0.2) is 9.37 Å². The van der Waals surface area contributed by atoms with E-state index in [4.69, 9.17) is 4.42 Å². The second kappa shape index (κ2) is 8.17. The van der Waals surface area contributed by atoms with Crippen molar-refractivity contribution in [2.45, 2.75) is 25.7 Å². The molecule has 0 aliphatic carbocycles. The molecule has 140 valence electrons. The van der Waals surface area contributed by atoms with E-state index in [-0.39, 0.29) is 11.6 Å². The minimum atomic E-state index is -0.218. The molecule has 4 aromatic rings. The highest BCUT2D eigenvalue weighted by atomic mass is 19.1. The molecule has 0 saturated heterocycles. The van der Waals surface area contributed by atoms with Gasteiger partial charge < -0.3 is 4.42 Å². The van der Waals surface area contributed by atoms with Crippen LogP contribution in [0.2, 0.25) is 0 Å². The van der Waals surface area contributed by atoms with Crippen LogP contribution in [0.1, 0.15) is 24.0 Å². The molecule has 3 aromatic carbocycles. The van der Waals surface area contributed by atoms with Crippen molar-refractivity contribution in [3.05, 3.63) is 90.1 Å². The first kappa shape index (κ1) is 18.1. The summed E-state index contributed by atoms with van der Waals surface area (Å²) in [5.41, 5.74) is 5.07. The van der Waals surface area contributed by atoms with Crippen LogP contribution in [0.25, 0.3) is 22.2 Å². The van der Waals surface area contributed by atoms with Crippen LogP contribution in [-0.2, 0) is 17.6 Å². The quantitative estimate of drug-likeness (QED) is 0.413. The van der Waals surface area contributed by atoms with Gasteiger partial charge in [-0.15, -0.1) is 0 Å². The number of benzene rings is 3. The van der Waals surface area contributed by atoms with Crippen LogP contribution in [0.4, 0.5) is 4.39 Å². The Morgan fingerprint density at radius 1 is 0.964 bits per heavy atom. The minimum absolute atomic E-state index is 0.210. The number of halogens is 1. The number of nitrogens with zero attached hydrogens (tertiary/aromatic N) is 1. The number of ketones is 1. The van der Waals surface area contributed by atoms with Crippen molar-refractivity contribution < 1.29 is 13.6 Å². The fourth-order valence-corrected chi connectivity index (χ4v) is 3.36. The summed E-state index contributed by atoms with van der Waals surface area (Å²) in [6, 6.07) is 20.3. The molecule has 0 radical (unpaired) electrons. The Morgan fingerprint density at radius 2 is 1.75 bits per heavy atom. The predicted octanol–water partition coefficient (Wildman–Crippen LogP) is 5.77. The first-order valence-corrected chi connectivity index (χ1v) is 9.37. The molecular weight excluding hydrogens is 353 g/mol. The third kappa shape index (κ3) is 4.17. The summed E-state index contributed by atoms with van der Waals surface area (Å²) in [5.74, 6) is -0.00814. The van der Waals surface area contributed by atoms with E-state index in [0.29, 0.717) is 24.0 Å². The summed E-state index contributed by atoms with van der Waals surface area (Å²) < 4.78 is 19.1. The van der Waals surface area contributed by atoms with Crippen molar-refractivity contribution in [3.63, 3.8) is 0 Å². The number of carbonyl (C=O) groups excluding carboxylic acids is 1. The summed E-state index contributed by atoms with van der Waals surface area (Å²) in [6.45, 7) is 0. The fraction of sp³-hybridized carbons (Fsp3) is 0.167. The molecule has 0 fully saturated rings. The molecule has 0 aliphatic rings. The summed E-state index contributed by atoms with van der Waals surface area (Å²) >= 11 is 0. The van der Waals surface area contributed by atoms with Crippen molar-refractivity contribution in [2.75, 3.05) is 0 Å². The van der Waals surface area contributed by atoms with Crippen molar-refractivity contribution >= 4 is 16.9 Å². The molecule has 0 amide bonds. The highest BCUT2D eigenvalue weighted by Crippen LogP contribution is 2.23. The molecule has 3 nitrogen and oxygen atoms in total. The van der Waals surface area contributed by atoms with Crippen molar-refractivity contribution in [2.24, 2.45) is 0 Å². The Kier molecular flexibility index (Phi) is 5.29. The van der Waals surface area contributed by atoms with Gasteiger partial charge in [0.05, 0.1) is 0 Å². The molecule has 4 rings (SSSR count). The summed E-state index contributed by atoms with van der Waals surface area (Å²) in [6.07, 6.45) is 3.97. The zero-order chi connectivity index (χ0) is 19.3. The van der Waals surface area contributed by atoms with E-state index in [1.165, 1.54) is 12.5 Å². The third-order valence-corrected chi connectivity index (χ3v) is 4.86. The molecule has 0 atom stereocenters. The van der Waals surface area contributed by atoms with E-state index in [9.17, 15) is 9.18 Å². The van der Waals surface area contributed by atoms with E-state index < -0.39 is 0 Å². The van der Waals surface area contributed by atoms with E-state index in [1.54, 1.807) is 12.1 Å². The second-order valence-electron chi connectivity index (χ2n) is 6.90. The predicted molar refractivity (Wildman–Crippen MR) is 107 cm³/mol. The van der Waals surface area contributed by atoms with Crippen molar-refractivity contribution in [3.8, 4) is 11.1 Å². The topological polar surface area (TPSA) is 43.1 Å². The highest BCUT2D eigenvalue weighted by molar-refractivity contribution is 5.82. The monoisotopic (exact) mass is 373 g/mol. The molecule has 0 bridgehead atoms. The lowest BCUT2D eigenvalue weighted by atomic mass is 9.99. The Labute approximate surface area is 162 Å². The highest BCUT2D eigenvalue weighted by Gasteiger charge is 2.07. The maximum atomic E-state index is 13.9. The average molecular weight is 373 g/mol. The number of hydrogen-bond acceptors (Lipinski definition) is 3. The van der Waals surface area contributed by atoms with Gasteiger partial charge >= 0.3 is 0 Å². The van der Waals surface area contributed by atoms with Gasteiger partial charge in [-0.2, -0.15) is 0 Å². The SMILES string of the molecule is O=C(CCCc1ccc(-c2ccccc2F)cc1)Cc1ccc2ncoc2c1. The lowest BCUT2D eigenvalue weighted by Gasteiger charge is -2.06. The molecule has 0 saturated carbocycles. The van der Waals surface area contributed by atoms with Gasteiger partial charge in [-0.1, -0.05) is 48.5 Å². The van der Waals surface area contributed by atoms with Crippen LogP contribution in [0.5, 0.6) is 0 Å². The van der Waals surface area contributed by atoms with Crippen molar-refractivity contribution in [1.29, 1.82) is 0 Å². The Balaban J connectivity index is 1.29. The van der Waals surface area contributed by atoms with Crippen LogP contribution in [-0.4, -0.2) is 10.8 Å².